The Balaban J connectivity index is 1.99. The van der Waals surface area contributed by atoms with Crippen molar-refractivity contribution < 1.29 is 9.59 Å². The number of hydrogen-bond donors (Lipinski definition) is 2. The summed E-state index contributed by atoms with van der Waals surface area (Å²) in [7, 11) is 0. The molecular formula is C24H28ClN3O2. The van der Waals surface area contributed by atoms with Crippen molar-refractivity contribution in [1.29, 1.82) is 0 Å². The molecule has 0 spiro atoms. The van der Waals surface area contributed by atoms with Crippen molar-refractivity contribution in [3.8, 4) is 0 Å². The highest BCUT2D eigenvalue weighted by atomic mass is 35.5. The highest BCUT2D eigenvalue weighted by Gasteiger charge is 2.30. The van der Waals surface area contributed by atoms with Crippen LogP contribution in [0.1, 0.15) is 50.4 Å². The maximum absolute atomic E-state index is 13.4. The summed E-state index contributed by atoms with van der Waals surface area (Å²) >= 11 is 6.48. The molecule has 0 aromatic heterocycles. The highest BCUT2D eigenvalue weighted by Crippen LogP contribution is 2.35. The van der Waals surface area contributed by atoms with Crippen LogP contribution in [0.2, 0.25) is 5.02 Å². The van der Waals surface area contributed by atoms with Crippen LogP contribution < -0.4 is 10.7 Å². The second-order valence-corrected chi connectivity index (χ2v) is 8.40. The summed E-state index contributed by atoms with van der Waals surface area (Å²) in [4.78, 5) is 25.7. The maximum atomic E-state index is 13.4. The number of hydrogen-bond acceptors (Lipinski definition) is 4. The lowest BCUT2D eigenvalue weighted by Crippen LogP contribution is -2.43. The third-order valence-corrected chi connectivity index (χ3v) is 5.56. The summed E-state index contributed by atoms with van der Waals surface area (Å²) in [5.74, 6) is 0.0312. The lowest BCUT2D eigenvalue weighted by Gasteiger charge is -2.35. The van der Waals surface area contributed by atoms with Gasteiger partial charge in [-0.05, 0) is 42.5 Å². The van der Waals surface area contributed by atoms with Crippen molar-refractivity contribution in [3.05, 3.63) is 75.9 Å². The molecule has 0 saturated carbocycles. The maximum Gasteiger partial charge on any atom is 0.254 e. The Morgan fingerprint density at radius 3 is 2.43 bits per heavy atom. The normalized spacial score (nSPS) is 14.5. The molecule has 30 heavy (non-hydrogen) atoms. The van der Waals surface area contributed by atoms with Gasteiger partial charge in [0.15, 0.2) is 5.78 Å². The standard InChI is InChI=1S/C24H28ClN3O2/c1-15(2)13-26-28-14-20-19(11-8-12-21(20)25)22(16(28)3)24(30)27-23(17(4)29)18-9-6-5-7-10-18/h5-12,15,23,26H,13-14H2,1-4H3,(H,27,30)/t23-/m1/s1. The molecule has 158 valence electrons. The van der Waals surface area contributed by atoms with E-state index in [1.54, 1.807) is 0 Å². The summed E-state index contributed by atoms with van der Waals surface area (Å²) in [6, 6.07) is 14.2. The topological polar surface area (TPSA) is 61.4 Å². The zero-order chi connectivity index (χ0) is 21.8. The smallest absolute Gasteiger partial charge is 0.254 e. The Bertz CT molecular complexity index is 970. The van der Waals surface area contributed by atoms with Crippen LogP contribution >= 0.6 is 11.6 Å². The number of Topliss-reactive ketones (excluding diaryl/α,β-unsaturated/α-hetero) is 1. The zero-order valence-corrected chi connectivity index (χ0v) is 18.6. The third-order valence-electron chi connectivity index (χ3n) is 5.20. The first-order chi connectivity index (χ1) is 14.3. The monoisotopic (exact) mass is 425 g/mol. The largest absolute Gasteiger partial charge is 0.338 e. The van der Waals surface area contributed by atoms with Crippen molar-refractivity contribution in [1.82, 2.24) is 15.8 Å². The van der Waals surface area contributed by atoms with Crippen molar-refractivity contribution in [2.45, 2.75) is 40.3 Å². The van der Waals surface area contributed by atoms with E-state index >= 15 is 0 Å². The van der Waals surface area contributed by atoms with E-state index in [9.17, 15) is 9.59 Å². The van der Waals surface area contributed by atoms with Gasteiger partial charge in [0, 0.05) is 17.3 Å². The van der Waals surface area contributed by atoms with Gasteiger partial charge in [-0.25, -0.2) is 5.43 Å². The first-order valence-corrected chi connectivity index (χ1v) is 10.5. The van der Waals surface area contributed by atoms with Gasteiger partial charge >= 0.3 is 0 Å². The van der Waals surface area contributed by atoms with E-state index in [-0.39, 0.29) is 11.7 Å². The summed E-state index contributed by atoms with van der Waals surface area (Å²) in [6.45, 7) is 8.99. The van der Waals surface area contributed by atoms with Gasteiger partial charge in [-0.2, -0.15) is 0 Å². The fourth-order valence-electron chi connectivity index (χ4n) is 3.58. The van der Waals surface area contributed by atoms with Crippen LogP contribution in [0.3, 0.4) is 0 Å². The second kappa shape index (κ2) is 9.45. The van der Waals surface area contributed by atoms with Gasteiger partial charge in [0.25, 0.3) is 5.91 Å². The summed E-state index contributed by atoms with van der Waals surface area (Å²) in [5.41, 5.74) is 7.18. The molecule has 2 N–H and O–H groups in total. The number of fused-ring (bicyclic) bond motifs is 1. The molecule has 0 aliphatic carbocycles. The van der Waals surface area contributed by atoms with Gasteiger partial charge < -0.3 is 10.3 Å². The molecule has 0 radical (unpaired) electrons. The molecule has 2 aromatic rings. The number of carbonyl (C=O) groups excluding carboxylic acids is 2. The second-order valence-electron chi connectivity index (χ2n) is 8.00. The average molecular weight is 426 g/mol. The molecule has 1 atom stereocenters. The molecule has 0 unspecified atom stereocenters. The number of amides is 1. The van der Waals surface area contributed by atoms with E-state index in [0.717, 1.165) is 28.9 Å². The number of hydrazine groups is 1. The number of carbonyl (C=O) groups is 2. The lowest BCUT2D eigenvalue weighted by molar-refractivity contribution is -0.124. The van der Waals surface area contributed by atoms with Crippen molar-refractivity contribution in [2.24, 2.45) is 5.92 Å². The predicted octanol–water partition coefficient (Wildman–Crippen LogP) is 4.49. The number of rotatable bonds is 7. The van der Waals surface area contributed by atoms with Crippen LogP contribution in [-0.4, -0.2) is 23.2 Å². The number of nitrogens with one attached hydrogen (secondary N) is 2. The predicted molar refractivity (Wildman–Crippen MR) is 120 cm³/mol. The van der Waals surface area contributed by atoms with E-state index in [4.69, 9.17) is 11.6 Å². The fourth-order valence-corrected chi connectivity index (χ4v) is 3.82. The lowest BCUT2D eigenvalue weighted by atomic mass is 9.93. The number of benzene rings is 2. The fraction of sp³-hybridized carbons (Fsp3) is 0.333. The molecule has 1 heterocycles. The Labute approximate surface area is 183 Å². The minimum absolute atomic E-state index is 0.121. The van der Waals surface area contributed by atoms with Crippen molar-refractivity contribution in [3.63, 3.8) is 0 Å². The number of nitrogens with zero attached hydrogens (tertiary/aromatic N) is 1. The number of allylic oxidation sites excluding steroid dienone is 1. The quantitative estimate of drug-likeness (QED) is 0.685. The number of ketones is 1. The summed E-state index contributed by atoms with van der Waals surface area (Å²) in [6.07, 6.45) is 0. The van der Waals surface area contributed by atoms with Crippen LogP contribution in [0.15, 0.2) is 54.2 Å². The Morgan fingerprint density at radius 1 is 1.10 bits per heavy atom. The van der Waals surface area contributed by atoms with Gasteiger partial charge in [0.1, 0.15) is 6.04 Å². The molecule has 2 aromatic carbocycles. The SMILES string of the molecule is CC(=O)[C@@H](NC(=O)C1=C(C)N(NCC(C)C)Cc2c(Cl)cccc21)c1ccccc1. The Hall–Kier alpha value is -2.63. The van der Waals surface area contributed by atoms with Crippen LogP contribution in [0.4, 0.5) is 0 Å². The molecule has 6 heteroatoms. The van der Waals surface area contributed by atoms with Gasteiger partial charge in [-0.15, -0.1) is 0 Å². The molecule has 1 aliphatic rings. The molecule has 0 bridgehead atoms. The van der Waals surface area contributed by atoms with E-state index in [1.807, 2.05) is 60.5 Å². The minimum Gasteiger partial charge on any atom is -0.338 e. The Kier molecular flexibility index (Phi) is 6.95. The molecule has 1 amide bonds. The van der Waals surface area contributed by atoms with Crippen LogP contribution in [0.5, 0.6) is 0 Å². The van der Waals surface area contributed by atoms with E-state index in [0.29, 0.717) is 23.1 Å². The minimum atomic E-state index is -0.708. The van der Waals surface area contributed by atoms with Crippen LogP contribution in [0.25, 0.3) is 5.57 Å². The first-order valence-electron chi connectivity index (χ1n) is 10.2. The van der Waals surface area contributed by atoms with Crippen molar-refractivity contribution >= 4 is 28.9 Å². The zero-order valence-electron chi connectivity index (χ0n) is 17.8. The molecule has 3 rings (SSSR count). The molecule has 1 aliphatic heterocycles. The van der Waals surface area contributed by atoms with E-state index < -0.39 is 6.04 Å². The molecule has 5 nitrogen and oxygen atoms in total. The van der Waals surface area contributed by atoms with Gasteiger partial charge in [-0.1, -0.05) is 67.9 Å². The Morgan fingerprint density at radius 2 is 1.80 bits per heavy atom. The van der Waals surface area contributed by atoms with E-state index in [2.05, 4.69) is 24.6 Å². The van der Waals surface area contributed by atoms with Gasteiger partial charge in [0.2, 0.25) is 0 Å². The first kappa shape index (κ1) is 22.1. The number of halogens is 1. The third kappa shape index (κ3) is 4.74. The van der Waals surface area contributed by atoms with Gasteiger partial charge in [0.05, 0.1) is 12.1 Å². The van der Waals surface area contributed by atoms with Crippen LogP contribution in [0, 0.1) is 5.92 Å². The van der Waals surface area contributed by atoms with Crippen LogP contribution in [-0.2, 0) is 16.1 Å². The van der Waals surface area contributed by atoms with E-state index in [1.165, 1.54) is 6.92 Å². The molecular weight excluding hydrogens is 398 g/mol. The molecule has 0 fully saturated rings. The summed E-state index contributed by atoms with van der Waals surface area (Å²) < 4.78 is 0. The highest BCUT2D eigenvalue weighted by molar-refractivity contribution is 6.32. The van der Waals surface area contributed by atoms with Gasteiger partial charge in [-0.3, -0.25) is 9.59 Å². The van der Waals surface area contributed by atoms with Crippen molar-refractivity contribution in [2.75, 3.05) is 6.54 Å². The molecule has 0 saturated heterocycles. The summed E-state index contributed by atoms with van der Waals surface area (Å²) in [5, 5.41) is 5.52. The average Bonchev–Trinajstić information content (AvgIpc) is 2.71.